The van der Waals surface area contributed by atoms with Crippen LogP contribution in [0, 0.1) is 0 Å². The minimum Gasteiger partial charge on any atom is -0.314 e. The summed E-state index contributed by atoms with van der Waals surface area (Å²) < 4.78 is 0. The lowest BCUT2D eigenvalue weighted by atomic mass is 10.2. The molecule has 0 unspecified atom stereocenters. The molecule has 2 nitrogen and oxygen atoms in total. The van der Waals surface area contributed by atoms with Crippen LogP contribution < -0.4 is 5.32 Å². The molecule has 10 heavy (non-hydrogen) atoms. The fraction of sp³-hybridized carbons (Fsp3) is 1.00. The van der Waals surface area contributed by atoms with E-state index in [2.05, 4.69) is 17.1 Å². The number of nitrogens with zero attached hydrogens (tertiary/aromatic N) is 1. The van der Waals surface area contributed by atoms with Gasteiger partial charge >= 0.3 is 0 Å². The van der Waals surface area contributed by atoms with Crippen molar-refractivity contribution < 1.29 is 0 Å². The lowest BCUT2D eigenvalue weighted by molar-refractivity contribution is 0.168. The first-order chi connectivity index (χ1) is 4.81. The number of hydrogen-bond donors (Lipinski definition) is 1. The van der Waals surface area contributed by atoms with E-state index in [1.165, 1.54) is 39.0 Å². The molecule has 2 fully saturated rings. The van der Waals surface area contributed by atoms with Crippen LogP contribution in [0.3, 0.4) is 0 Å². The number of rotatable bonds is 1. The van der Waals surface area contributed by atoms with Crippen molar-refractivity contribution in [2.45, 2.75) is 25.3 Å². The van der Waals surface area contributed by atoms with Crippen LogP contribution in [0.25, 0.3) is 0 Å². The minimum atomic E-state index is 0.613. The van der Waals surface area contributed by atoms with Gasteiger partial charge in [-0.3, -0.25) is 4.90 Å². The highest BCUT2D eigenvalue weighted by Crippen LogP contribution is 2.40. The highest BCUT2D eigenvalue weighted by atomic mass is 15.3. The highest BCUT2D eigenvalue weighted by molar-refractivity contribution is 5.00. The molecule has 0 aromatic heterocycles. The first-order valence-corrected chi connectivity index (χ1v) is 4.27. The molecule has 1 aliphatic carbocycles. The Morgan fingerprint density at radius 2 is 1.80 bits per heavy atom. The maximum absolute atomic E-state index is 3.37. The van der Waals surface area contributed by atoms with Crippen molar-refractivity contribution in [2.24, 2.45) is 0 Å². The molecule has 2 rings (SSSR count). The van der Waals surface area contributed by atoms with E-state index in [-0.39, 0.29) is 0 Å². The molecular formula is C8H16N2. The zero-order valence-corrected chi connectivity index (χ0v) is 6.69. The normalized spacial score (nSPS) is 32.1. The summed E-state index contributed by atoms with van der Waals surface area (Å²) in [4.78, 5) is 2.63. The van der Waals surface area contributed by atoms with Gasteiger partial charge in [0.05, 0.1) is 0 Å². The number of piperazine rings is 1. The van der Waals surface area contributed by atoms with Gasteiger partial charge in [0.15, 0.2) is 0 Å². The summed E-state index contributed by atoms with van der Waals surface area (Å²) in [6.07, 6.45) is 2.85. The second-order valence-electron chi connectivity index (χ2n) is 3.73. The highest BCUT2D eigenvalue weighted by Gasteiger charge is 2.42. The molecule has 0 aromatic carbocycles. The zero-order valence-electron chi connectivity index (χ0n) is 6.69. The molecule has 0 aromatic rings. The van der Waals surface area contributed by atoms with E-state index in [4.69, 9.17) is 0 Å². The molecule has 0 spiro atoms. The van der Waals surface area contributed by atoms with Crippen LogP contribution in [0.1, 0.15) is 19.8 Å². The van der Waals surface area contributed by atoms with E-state index in [1.54, 1.807) is 0 Å². The third-order valence-corrected chi connectivity index (χ3v) is 2.85. The van der Waals surface area contributed by atoms with Gasteiger partial charge in [-0.05, 0) is 19.8 Å². The standard InChI is InChI=1S/C8H16N2/c1-8(2-3-8)10-6-4-9-5-7-10/h9H,2-7H2,1H3. The van der Waals surface area contributed by atoms with E-state index in [1.807, 2.05) is 0 Å². The molecule has 0 amide bonds. The first-order valence-electron chi connectivity index (χ1n) is 4.27. The fourth-order valence-electron chi connectivity index (χ4n) is 1.70. The fourth-order valence-corrected chi connectivity index (χ4v) is 1.70. The predicted octanol–water partition coefficient (Wildman–Crippen LogP) is 0.444. The van der Waals surface area contributed by atoms with Gasteiger partial charge in [-0.25, -0.2) is 0 Å². The van der Waals surface area contributed by atoms with Crippen LogP contribution in [0.2, 0.25) is 0 Å². The Hall–Kier alpha value is -0.0800. The first kappa shape index (κ1) is 6.62. The lowest BCUT2D eigenvalue weighted by Crippen LogP contribution is -2.48. The second kappa shape index (κ2) is 2.21. The topological polar surface area (TPSA) is 15.3 Å². The van der Waals surface area contributed by atoms with Gasteiger partial charge in [-0.15, -0.1) is 0 Å². The molecule has 0 bridgehead atoms. The van der Waals surface area contributed by atoms with E-state index >= 15 is 0 Å². The van der Waals surface area contributed by atoms with Crippen LogP contribution in [0.5, 0.6) is 0 Å². The van der Waals surface area contributed by atoms with E-state index in [0.717, 1.165) is 0 Å². The van der Waals surface area contributed by atoms with Crippen molar-refractivity contribution in [3.63, 3.8) is 0 Å². The summed E-state index contributed by atoms with van der Waals surface area (Å²) in [6, 6.07) is 0. The van der Waals surface area contributed by atoms with Gasteiger partial charge in [0.2, 0.25) is 0 Å². The molecule has 1 N–H and O–H groups in total. The molecule has 1 saturated carbocycles. The number of hydrogen-bond acceptors (Lipinski definition) is 2. The summed E-state index contributed by atoms with van der Waals surface area (Å²) in [6.45, 7) is 7.29. The van der Waals surface area contributed by atoms with Crippen molar-refractivity contribution >= 4 is 0 Å². The van der Waals surface area contributed by atoms with E-state index in [0.29, 0.717) is 5.54 Å². The Labute approximate surface area is 62.6 Å². The third-order valence-electron chi connectivity index (χ3n) is 2.85. The Kier molecular flexibility index (Phi) is 1.46. The molecule has 2 aliphatic rings. The molecule has 2 heteroatoms. The van der Waals surface area contributed by atoms with Gasteiger partial charge in [0, 0.05) is 31.7 Å². The summed E-state index contributed by atoms with van der Waals surface area (Å²) in [5.41, 5.74) is 0.613. The minimum absolute atomic E-state index is 0.613. The van der Waals surface area contributed by atoms with Crippen LogP contribution in [-0.4, -0.2) is 36.6 Å². The summed E-state index contributed by atoms with van der Waals surface area (Å²) >= 11 is 0. The van der Waals surface area contributed by atoms with Gasteiger partial charge in [-0.2, -0.15) is 0 Å². The molecule has 1 aliphatic heterocycles. The molecule has 0 radical (unpaired) electrons. The van der Waals surface area contributed by atoms with Gasteiger partial charge in [0.1, 0.15) is 0 Å². The van der Waals surface area contributed by atoms with Crippen LogP contribution in [-0.2, 0) is 0 Å². The largest absolute Gasteiger partial charge is 0.314 e. The monoisotopic (exact) mass is 140 g/mol. The second-order valence-corrected chi connectivity index (χ2v) is 3.73. The van der Waals surface area contributed by atoms with Gasteiger partial charge in [-0.1, -0.05) is 0 Å². The van der Waals surface area contributed by atoms with Crippen molar-refractivity contribution in [1.29, 1.82) is 0 Å². The SMILES string of the molecule is CC1(N2CCNCC2)CC1. The zero-order chi connectivity index (χ0) is 7.03. The average molecular weight is 140 g/mol. The molecule has 58 valence electrons. The third kappa shape index (κ3) is 1.06. The van der Waals surface area contributed by atoms with Gasteiger partial charge in [0.25, 0.3) is 0 Å². The molecular weight excluding hydrogens is 124 g/mol. The summed E-state index contributed by atoms with van der Waals surface area (Å²) in [7, 11) is 0. The Morgan fingerprint density at radius 1 is 1.20 bits per heavy atom. The van der Waals surface area contributed by atoms with Crippen LogP contribution >= 0.6 is 0 Å². The smallest absolute Gasteiger partial charge is 0.0183 e. The maximum Gasteiger partial charge on any atom is 0.0183 e. The summed E-state index contributed by atoms with van der Waals surface area (Å²) in [5, 5.41) is 3.37. The van der Waals surface area contributed by atoms with E-state index < -0.39 is 0 Å². The quantitative estimate of drug-likeness (QED) is 0.568. The predicted molar refractivity (Wildman–Crippen MR) is 42.1 cm³/mol. The lowest BCUT2D eigenvalue weighted by Gasteiger charge is -2.32. The molecule has 1 heterocycles. The van der Waals surface area contributed by atoms with Crippen molar-refractivity contribution in [3.05, 3.63) is 0 Å². The molecule has 0 atom stereocenters. The van der Waals surface area contributed by atoms with Crippen LogP contribution in [0.4, 0.5) is 0 Å². The Balaban J connectivity index is 1.91. The van der Waals surface area contributed by atoms with Crippen molar-refractivity contribution in [1.82, 2.24) is 10.2 Å². The van der Waals surface area contributed by atoms with Crippen LogP contribution in [0.15, 0.2) is 0 Å². The Bertz CT molecular complexity index is 123. The van der Waals surface area contributed by atoms with Crippen molar-refractivity contribution in [2.75, 3.05) is 26.2 Å². The Morgan fingerprint density at radius 3 is 2.30 bits per heavy atom. The summed E-state index contributed by atoms with van der Waals surface area (Å²) in [5.74, 6) is 0. The molecule has 1 saturated heterocycles. The maximum atomic E-state index is 3.37. The van der Waals surface area contributed by atoms with Crippen molar-refractivity contribution in [3.8, 4) is 0 Å². The van der Waals surface area contributed by atoms with Gasteiger partial charge < -0.3 is 5.32 Å². The average Bonchev–Trinajstić information content (AvgIpc) is 2.72. The van der Waals surface area contributed by atoms with E-state index in [9.17, 15) is 0 Å². The number of nitrogens with one attached hydrogen (secondary N) is 1.